The smallest absolute Gasteiger partial charge is 0.292 e. The number of rotatable bonds is 5. The Morgan fingerprint density at radius 1 is 1.42 bits per heavy atom. The summed E-state index contributed by atoms with van der Waals surface area (Å²) in [5.41, 5.74) is 0.0773. The highest BCUT2D eigenvalue weighted by molar-refractivity contribution is 5.61. The topological polar surface area (TPSA) is 75.4 Å². The fourth-order valence-corrected chi connectivity index (χ4v) is 2.67. The van der Waals surface area contributed by atoms with E-state index in [-0.39, 0.29) is 29.8 Å². The highest BCUT2D eigenvalue weighted by Crippen LogP contribution is 2.32. The fourth-order valence-electron chi connectivity index (χ4n) is 2.67. The standard InChI is InChI=1S/C13H17FN2O3/c14-11-4-5-13(16(18)19)12(6-11)15-7-9-2-1-3-10(9)8-17/h4-6,9-10,15,17H,1-3,7-8H2. The zero-order valence-corrected chi connectivity index (χ0v) is 10.5. The zero-order chi connectivity index (χ0) is 13.8. The molecule has 2 rings (SSSR count). The maximum absolute atomic E-state index is 13.2. The van der Waals surface area contributed by atoms with Gasteiger partial charge in [-0.1, -0.05) is 6.42 Å². The van der Waals surface area contributed by atoms with E-state index in [9.17, 15) is 19.6 Å². The van der Waals surface area contributed by atoms with Crippen molar-refractivity contribution in [2.24, 2.45) is 11.8 Å². The number of nitrogens with one attached hydrogen (secondary N) is 1. The third-order valence-electron chi connectivity index (χ3n) is 3.76. The van der Waals surface area contributed by atoms with Gasteiger partial charge in [0.2, 0.25) is 0 Å². The number of benzene rings is 1. The van der Waals surface area contributed by atoms with Crippen LogP contribution in [0.4, 0.5) is 15.8 Å². The Morgan fingerprint density at radius 3 is 2.84 bits per heavy atom. The van der Waals surface area contributed by atoms with Crippen LogP contribution in [0.2, 0.25) is 0 Å². The van der Waals surface area contributed by atoms with Crippen molar-refractivity contribution in [1.29, 1.82) is 0 Å². The Labute approximate surface area is 110 Å². The second-order valence-electron chi connectivity index (χ2n) is 4.93. The number of nitrogens with zero attached hydrogens (tertiary/aromatic N) is 1. The van der Waals surface area contributed by atoms with E-state index in [4.69, 9.17) is 0 Å². The molecule has 2 unspecified atom stereocenters. The minimum Gasteiger partial charge on any atom is -0.396 e. The first kappa shape index (κ1) is 13.7. The van der Waals surface area contributed by atoms with Crippen molar-refractivity contribution < 1.29 is 14.4 Å². The van der Waals surface area contributed by atoms with E-state index in [1.54, 1.807) is 0 Å². The number of anilines is 1. The molecule has 5 nitrogen and oxygen atoms in total. The summed E-state index contributed by atoms with van der Waals surface area (Å²) in [4.78, 5) is 10.3. The Balaban J connectivity index is 2.06. The van der Waals surface area contributed by atoms with Crippen LogP contribution in [-0.4, -0.2) is 23.2 Å². The number of aliphatic hydroxyl groups is 1. The molecule has 2 N–H and O–H groups in total. The predicted molar refractivity (Wildman–Crippen MR) is 69.5 cm³/mol. The highest BCUT2D eigenvalue weighted by Gasteiger charge is 2.27. The molecular formula is C13H17FN2O3. The highest BCUT2D eigenvalue weighted by atomic mass is 19.1. The van der Waals surface area contributed by atoms with Gasteiger partial charge in [0.05, 0.1) is 4.92 Å². The third-order valence-corrected chi connectivity index (χ3v) is 3.76. The van der Waals surface area contributed by atoms with Gasteiger partial charge in [-0.2, -0.15) is 0 Å². The lowest BCUT2D eigenvalue weighted by molar-refractivity contribution is -0.384. The molecule has 0 saturated heterocycles. The molecule has 0 amide bonds. The summed E-state index contributed by atoms with van der Waals surface area (Å²) in [6.07, 6.45) is 3.03. The molecule has 104 valence electrons. The molecule has 1 aromatic carbocycles. The number of hydrogen-bond donors (Lipinski definition) is 2. The van der Waals surface area contributed by atoms with Crippen LogP contribution in [0, 0.1) is 27.8 Å². The van der Waals surface area contributed by atoms with E-state index in [0.29, 0.717) is 6.54 Å². The number of halogens is 1. The summed E-state index contributed by atoms with van der Waals surface area (Å²) >= 11 is 0. The van der Waals surface area contributed by atoms with E-state index < -0.39 is 10.7 Å². The molecule has 0 heterocycles. The van der Waals surface area contributed by atoms with Gasteiger partial charge in [0.1, 0.15) is 11.5 Å². The number of aliphatic hydroxyl groups excluding tert-OH is 1. The monoisotopic (exact) mass is 268 g/mol. The predicted octanol–water partition coefficient (Wildman–Crippen LogP) is 2.55. The molecule has 0 spiro atoms. The fraction of sp³-hybridized carbons (Fsp3) is 0.538. The Morgan fingerprint density at radius 2 is 2.16 bits per heavy atom. The van der Waals surface area contributed by atoms with Crippen molar-refractivity contribution in [3.63, 3.8) is 0 Å². The molecule has 0 radical (unpaired) electrons. The lowest BCUT2D eigenvalue weighted by Gasteiger charge is -2.18. The number of nitro groups is 1. The van der Waals surface area contributed by atoms with Crippen molar-refractivity contribution in [1.82, 2.24) is 0 Å². The quantitative estimate of drug-likeness (QED) is 0.635. The van der Waals surface area contributed by atoms with E-state index in [0.717, 1.165) is 37.5 Å². The molecule has 0 aromatic heterocycles. The van der Waals surface area contributed by atoms with Crippen molar-refractivity contribution >= 4 is 11.4 Å². The van der Waals surface area contributed by atoms with E-state index in [2.05, 4.69) is 5.32 Å². The van der Waals surface area contributed by atoms with Crippen molar-refractivity contribution in [2.75, 3.05) is 18.5 Å². The SMILES string of the molecule is O=[N+]([O-])c1ccc(F)cc1NCC1CCCC1CO. The van der Waals surface area contributed by atoms with Crippen LogP contribution in [0.1, 0.15) is 19.3 Å². The molecule has 19 heavy (non-hydrogen) atoms. The van der Waals surface area contributed by atoms with Crippen LogP contribution >= 0.6 is 0 Å². The molecule has 1 saturated carbocycles. The van der Waals surface area contributed by atoms with Crippen molar-refractivity contribution in [3.05, 3.63) is 34.1 Å². The van der Waals surface area contributed by atoms with Gasteiger partial charge in [0.25, 0.3) is 5.69 Å². The molecule has 1 aliphatic rings. The lowest BCUT2D eigenvalue weighted by Crippen LogP contribution is -2.21. The van der Waals surface area contributed by atoms with E-state index in [1.165, 1.54) is 0 Å². The average molecular weight is 268 g/mol. The first-order chi connectivity index (χ1) is 9.11. The Hall–Kier alpha value is -1.69. The Kier molecular flexibility index (Phi) is 4.31. The summed E-state index contributed by atoms with van der Waals surface area (Å²) < 4.78 is 13.2. The molecule has 1 aliphatic carbocycles. The molecule has 6 heteroatoms. The largest absolute Gasteiger partial charge is 0.396 e. The third kappa shape index (κ3) is 3.20. The molecular weight excluding hydrogens is 251 g/mol. The van der Waals surface area contributed by atoms with Gasteiger partial charge in [-0.05, 0) is 30.7 Å². The number of nitro benzene ring substituents is 1. The number of hydrogen-bond acceptors (Lipinski definition) is 4. The van der Waals surface area contributed by atoms with Gasteiger partial charge in [-0.15, -0.1) is 0 Å². The molecule has 1 aromatic rings. The van der Waals surface area contributed by atoms with Gasteiger partial charge in [0, 0.05) is 25.3 Å². The van der Waals surface area contributed by atoms with Gasteiger partial charge >= 0.3 is 0 Å². The average Bonchev–Trinajstić information content (AvgIpc) is 2.83. The van der Waals surface area contributed by atoms with Gasteiger partial charge in [-0.25, -0.2) is 4.39 Å². The van der Waals surface area contributed by atoms with E-state index >= 15 is 0 Å². The van der Waals surface area contributed by atoms with Gasteiger partial charge in [0.15, 0.2) is 0 Å². The van der Waals surface area contributed by atoms with Crippen molar-refractivity contribution in [2.45, 2.75) is 19.3 Å². The van der Waals surface area contributed by atoms with Gasteiger partial charge in [-0.3, -0.25) is 10.1 Å². The summed E-state index contributed by atoms with van der Waals surface area (Å²) in [7, 11) is 0. The van der Waals surface area contributed by atoms with Crippen LogP contribution in [0.25, 0.3) is 0 Å². The molecule has 2 atom stereocenters. The second kappa shape index (κ2) is 5.97. The zero-order valence-electron chi connectivity index (χ0n) is 10.5. The summed E-state index contributed by atoms with van der Waals surface area (Å²) in [5, 5.41) is 23.0. The maximum atomic E-state index is 13.2. The van der Waals surface area contributed by atoms with Crippen LogP contribution in [-0.2, 0) is 0 Å². The van der Waals surface area contributed by atoms with Crippen LogP contribution in [0.15, 0.2) is 18.2 Å². The van der Waals surface area contributed by atoms with Crippen LogP contribution in [0.5, 0.6) is 0 Å². The second-order valence-corrected chi connectivity index (χ2v) is 4.93. The summed E-state index contributed by atoms with van der Waals surface area (Å²) in [5.74, 6) is 0.0196. The first-order valence-electron chi connectivity index (χ1n) is 6.40. The van der Waals surface area contributed by atoms with E-state index in [1.807, 2.05) is 0 Å². The van der Waals surface area contributed by atoms with Crippen molar-refractivity contribution in [3.8, 4) is 0 Å². The summed E-state index contributed by atoms with van der Waals surface area (Å²) in [6, 6.07) is 3.38. The van der Waals surface area contributed by atoms with Crippen LogP contribution in [0.3, 0.4) is 0 Å². The normalized spacial score (nSPS) is 22.4. The molecule has 1 fully saturated rings. The minimum absolute atomic E-state index is 0.125. The maximum Gasteiger partial charge on any atom is 0.292 e. The van der Waals surface area contributed by atoms with Gasteiger partial charge < -0.3 is 10.4 Å². The molecule has 0 bridgehead atoms. The minimum atomic E-state index is -0.528. The molecule has 0 aliphatic heterocycles. The Bertz CT molecular complexity index is 467. The lowest BCUT2D eigenvalue weighted by atomic mass is 9.97. The first-order valence-corrected chi connectivity index (χ1v) is 6.40. The summed E-state index contributed by atoms with van der Waals surface area (Å²) in [6.45, 7) is 0.660. The van der Waals surface area contributed by atoms with Crippen LogP contribution < -0.4 is 5.32 Å².